The monoisotopic (exact) mass is 472 g/mol. The second-order valence-electron chi connectivity index (χ2n) is 6.96. The molecule has 1 aliphatic heterocycles. The maximum atomic E-state index is 6.67. The van der Waals surface area contributed by atoms with Gasteiger partial charge in [0, 0.05) is 52.6 Å². The molecule has 0 atom stereocenters. The summed E-state index contributed by atoms with van der Waals surface area (Å²) in [5, 5.41) is 0. The van der Waals surface area contributed by atoms with Gasteiger partial charge in [-0.05, 0) is 0 Å². The van der Waals surface area contributed by atoms with E-state index in [1.807, 2.05) is 0 Å². The van der Waals surface area contributed by atoms with Gasteiger partial charge in [-0.2, -0.15) is 0 Å². The molecule has 0 saturated carbocycles. The number of rotatable bonds is 12. The molecule has 12 heteroatoms. The fourth-order valence-corrected chi connectivity index (χ4v) is 22.4. The third-order valence-corrected chi connectivity index (χ3v) is 21.6. The van der Waals surface area contributed by atoms with Crippen LogP contribution in [-0.4, -0.2) is 63.7 Å². The first kappa shape index (κ1) is 26.6. The summed E-state index contributed by atoms with van der Waals surface area (Å²) in [6.07, 6.45) is 3.40. The third kappa shape index (κ3) is 6.28. The zero-order chi connectivity index (χ0) is 21.3. The number of hydrogen-bond acceptors (Lipinski definition) is 8. The normalized spacial score (nSPS) is 36.9. The molecule has 0 bridgehead atoms. The van der Waals surface area contributed by atoms with E-state index < -0.39 is 35.2 Å². The fourth-order valence-electron chi connectivity index (χ4n) is 3.41. The van der Waals surface area contributed by atoms with Crippen LogP contribution < -0.4 is 0 Å². The van der Waals surface area contributed by atoms with Gasteiger partial charge < -0.3 is 34.2 Å². The second-order valence-corrected chi connectivity index (χ2v) is 19.3. The largest absolute Gasteiger partial charge is 0.485 e. The third-order valence-electron chi connectivity index (χ3n) is 4.71. The highest BCUT2D eigenvalue weighted by Gasteiger charge is 2.66. The van der Waals surface area contributed by atoms with Crippen LogP contribution in [0.2, 0.25) is 24.2 Å². The predicted molar refractivity (Wildman–Crippen MR) is 116 cm³/mol. The Morgan fingerprint density at radius 2 is 0.607 bits per heavy atom. The quantitative estimate of drug-likeness (QED) is 0.394. The molecule has 0 N–H and O–H groups in total. The summed E-state index contributed by atoms with van der Waals surface area (Å²) in [6.45, 7) is 8.33. The lowest BCUT2D eigenvalue weighted by Crippen LogP contribution is -2.72. The Morgan fingerprint density at radius 1 is 0.429 bits per heavy atom. The highest BCUT2D eigenvalue weighted by atomic mass is 28.6. The molecular formula is C16H40O8Si4. The van der Waals surface area contributed by atoms with Crippen molar-refractivity contribution in [2.45, 2.75) is 77.6 Å². The van der Waals surface area contributed by atoms with Gasteiger partial charge in [0.25, 0.3) is 0 Å². The second kappa shape index (κ2) is 11.8. The molecule has 0 aromatic carbocycles. The average Bonchev–Trinajstić information content (AvgIpc) is 2.67. The minimum atomic E-state index is -3.13. The number of hydrogen-bond donors (Lipinski definition) is 0. The van der Waals surface area contributed by atoms with Crippen LogP contribution in [0.25, 0.3) is 0 Å². The first-order chi connectivity index (χ1) is 13.3. The van der Waals surface area contributed by atoms with Crippen LogP contribution in [0.3, 0.4) is 0 Å². The van der Waals surface area contributed by atoms with E-state index in [0.29, 0.717) is 24.2 Å². The molecule has 0 aromatic heterocycles. The Morgan fingerprint density at radius 3 is 0.714 bits per heavy atom. The molecule has 1 heterocycles. The van der Waals surface area contributed by atoms with E-state index >= 15 is 0 Å². The Balaban J connectivity index is 3.56. The molecule has 1 aliphatic rings. The van der Waals surface area contributed by atoms with Crippen LogP contribution in [0.1, 0.15) is 53.4 Å². The maximum absolute atomic E-state index is 6.67. The van der Waals surface area contributed by atoms with Crippen molar-refractivity contribution < 1.29 is 34.2 Å². The van der Waals surface area contributed by atoms with Gasteiger partial charge in [0.05, 0.1) is 0 Å². The van der Waals surface area contributed by atoms with Gasteiger partial charge in [0.2, 0.25) is 0 Å². The topological polar surface area (TPSA) is 73.8 Å². The molecule has 8 nitrogen and oxygen atoms in total. The summed E-state index contributed by atoms with van der Waals surface area (Å²) in [5.74, 6) is 0. The molecule has 0 amide bonds. The van der Waals surface area contributed by atoms with Crippen LogP contribution >= 0.6 is 0 Å². The van der Waals surface area contributed by atoms with Crippen molar-refractivity contribution in [1.82, 2.24) is 0 Å². The van der Waals surface area contributed by atoms with Gasteiger partial charge in [-0.1, -0.05) is 53.4 Å². The molecule has 0 unspecified atom stereocenters. The van der Waals surface area contributed by atoms with Gasteiger partial charge in [-0.3, -0.25) is 0 Å². The summed E-state index contributed by atoms with van der Waals surface area (Å²) in [7, 11) is -5.99. The summed E-state index contributed by atoms with van der Waals surface area (Å²) >= 11 is 0. The fraction of sp³-hybridized carbons (Fsp3) is 1.00. The molecule has 168 valence electrons. The Bertz CT molecular complexity index is 368. The van der Waals surface area contributed by atoms with Crippen LogP contribution in [-0.2, 0) is 34.2 Å². The van der Waals surface area contributed by atoms with Crippen molar-refractivity contribution in [2.24, 2.45) is 0 Å². The Kier molecular flexibility index (Phi) is 11.2. The van der Waals surface area contributed by atoms with E-state index in [4.69, 9.17) is 34.2 Å². The minimum absolute atomic E-state index is 0.648. The van der Waals surface area contributed by atoms with Gasteiger partial charge in [0.15, 0.2) is 0 Å². The van der Waals surface area contributed by atoms with Gasteiger partial charge in [-0.15, -0.1) is 0 Å². The molecule has 0 radical (unpaired) electrons. The molecule has 0 spiro atoms. The molecule has 1 rings (SSSR count). The highest BCUT2D eigenvalue weighted by molar-refractivity contribution is 6.89. The van der Waals surface area contributed by atoms with Gasteiger partial charge >= 0.3 is 35.2 Å². The highest BCUT2D eigenvalue weighted by Crippen LogP contribution is 2.39. The van der Waals surface area contributed by atoms with Crippen molar-refractivity contribution >= 4 is 35.2 Å². The van der Waals surface area contributed by atoms with E-state index in [1.165, 1.54) is 0 Å². The average molecular weight is 473 g/mol. The van der Waals surface area contributed by atoms with E-state index in [0.717, 1.165) is 25.7 Å². The lowest BCUT2D eigenvalue weighted by molar-refractivity contribution is 0.0360. The molecule has 28 heavy (non-hydrogen) atoms. The first-order valence-corrected chi connectivity index (χ1v) is 18.1. The summed E-state index contributed by atoms with van der Waals surface area (Å²) in [4.78, 5) is 0. The van der Waals surface area contributed by atoms with Crippen molar-refractivity contribution in [3.63, 3.8) is 0 Å². The lowest BCUT2D eigenvalue weighted by Gasteiger charge is -2.49. The zero-order valence-corrected chi connectivity index (χ0v) is 22.9. The van der Waals surface area contributed by atoms with E-state index in [9.17, 15) is 0 Å². The van der Waals surface area contributed by atoms with Crippen molar-refractivity contribution in [3.05, 3.63) is 0 Å². The maximum Gasteiger partial charge on any atom is 0.485 e. The summed E-state index contributed by atoms with van der Waals surface area (Å²) in [5.41, 5.74) is 0. The Hall–Kier alpha value is 0.548. The van der Waals surface area contributed by atoms with Crippen LogP contribution in [0.4, 0.5) is 0 Å². The minimum Gasteiger partial charge on any atom is -0.378 e. The van der Waals surface area contributed by atoms with Crippen molar-refractivity contribution in [3.8, 4) is 0 Å². The first-order valence-electron chi connectivity index (χ1n) is 10.3. The van der Waals surface area contributed by atoms with E-state index in [2.05, 4.69) is 27.7 Å². The van der Waals surface area contributed by atoms with Crippen molar-refractivity contribution in [1.29, 1.82) is 0 Å². The van der Waals surface area contributed by atoms with Crippen molar-refractivity contribution in [2.75, 3.05) is 28.4 Å². The van der Waals surface area contributed by atoms with Crippen LogP contribution in [0.15, 0.2) is 0 Å². The predicted octanol–water partition coefficient (Wildman–Crippen LogP) is 4.05. The van der Waals surface area contributed by atoms with E-state index in [1.54, 1.807) is 28.4 Å². The molecule has 1 saturated heterocycles. The van der Waals surface area contributed by atoms with Crippen LogP contribution in [0, 0.1) is 0 Å². The van der Waals surface area contributed by atoms with Gasteiger partial charge in [0.1, 0.15) is 0 Å². The molecule has 1 fully saturated rings. The molecular weight excluding hydrogens is 433 g/mol. The lowest BCUT2D eigenvalue weighted by atomic mass is 10.6. The van der Waals surface area contributed by atoms with Gasteiger partial charge in [-0.25, -0.2) is 0 Å². The smallest absolute Gasteiger partial charge is 0.378 e. The Labute approximate surface area is 175 Å². The molecule has 0 aromatic rings. The SMILES string of the molecule is CCC[Si]1(OC)O[Si](CCC)(OC)O[Si](CCC)(OC)O[Si](CCC)(OC)O1. The van der Waals surface area contributed by atoms with E-state index in [-0.39, 0.29) is 0 Å². The summed E-state index contributed by atoms with van der Waals surface area (Å²) < 4.78 is 50.5. The summed E-state index contributed by atoms with van der Waals surface area (Å²) in [6, 6.07) is 2.59. The molecule has 0 aliphatic carbocycles. The zero-order valence-electron chi connectivity index (χ0n) is 18.9. The van der Waals surface area contributed by atoms with Crippen LogP contribution in [0.5, 0.6) is 0 Å². The standard InChI is InChI=1S/C16H40O8Si4/c1-9-13-25(17-5)21-26(18-6,14-10-2)23-28(20-8,16-12-4)24-27(19-7,22-25)15-11-3/h9-16H2,1-8H3.